The van der Waals surface area contributed by atoms with E-state index in [-0.39, 0.29) is 6.04 Å². The molecule has 2 heterocycles. The second-order valence-electron chi connectivity index (χ2n) is 7.64. The number of aromatic nitrogens is 1. The first-order valence-electron chi connectivity index (χ1n) is 10.9. The molecule has 1 aromatic heterocycles. The maximum atomic E-state index is 9.08. The first-order valence-corrected chi connectivity index (χ1v) is 11.7. The lowest BCUT2D eigenvalue weighted by molar-refractivity contribution is 0.202. The smallest absolute Gasteiger partial charge is 0.0991 e. The number of halogens is 2. The average molecular weight is 462 g/mol. The Hall–Kier alpha value is -2.77. The Balaban J connectivity index is 0.00000119. The van der Waals surface area contributed by atoms with E-state index in [4.69, 9.17) is 28.5 Å². The summed E-state index contributed by atoms with van der Waals surface area (Å²) >= 11 is 13.1. The maximum Gasteiger partial charge on any atom is 0.0991 e. The van der Waals surface area contributed by atoms with Gasteiger partial charge in [-0.3, -0.25) is 4.90 Å². The summed E-state index contributed by atoms with van der Waals surface area (Å²) in [6.07, 6.45) is 0.963. The van der Waals surface area contributed by atoms with Crippen LogP contribution < -0.4 is 0 Å². The third-order valence-electron chi connectivity index (χ3n) is 5.88. The molecule has 0 aliphatic carbocycles. The fourth-order valence-corrected chi connectivity index (χ4v) is 4.88. The molecule has 1 atom stereocenters. The third kappa shape index (κ3) is 4.14. The lowest BCUT2D eigenvalue weighted by Crippen LogP contribution is -2.35. The molecule has 5 heteroatoms. The van der Waals surface area contributed by atoms with E-state index >= 15 is 0 Å². The van der Waals surface area contributed by atoms with Crippen LogP contribution in [-0.4, -0.2) is 16.4 Å². The van der Waals surface area contributed by atoms with Crippen molar-refractivity contribution in [2.24, 2.45) is 0 Å². The van der Waals surface area contributed by atoms with E-state index in [0.29, 0.717) is 15.6 Å². The number of nitrogens with one attached hydrogen (secondary N) is 1. The molecule has 0 amide bonds. The first-order chi connectivity index (χ1) is 15.7. The highest BCUT2D eigenvalue weighted by Crippen LogP contribution is 2.42. The predicted molar refractivity (Wildman–Crippen MR) is 133 cm³/mol. The van der Waals surface area contributed by atoms with E-state index in [0.717, 1.165) is 36.2 Å². The van der Waals surface area contributed by atoms with Gasteiger partial charge >= 0.3 is 0 Å². The van der Waals surface area contributed by atoms with Gasteiger partial charge in [-0.15, -0.1) is 0 Å². The Morgan fingerprint density at radius 1 is 1.00 bits per heavy atom. The summed E-state index contributed by atoms with van der Waals surface area (Å²) in [6, 6.07) is 24.2. The number of nitrogens with zero attached hydrogens (tertiary/aromatic N) is 2. The van der Waals surface area contributed by atoms with Gasteiger partial charge in [0.2, 0.25) is 0 Å². The highest BCUT2D eigenvalue weighted by Gasteiger charge is 2.33. The Labute approximate surface area is 199 Å². The van der Waals surface area contributed by atoms with Crippen molar-refractivity contribution in [1.82, 2.24) is 9.88 Å². The van der Waals surface area contributed by atoms with E-state index in [9.17, 15) is 0 Å². The minimum Gasteiger partial charge on any atom is -0.357 e. The normalized spacial score (nSPS) is 15.5. The Morgan fingerprint density at radius 2 is 1.75 bits per heavy atom. The van der Waals surface area contributed by atoms with Gasteiger partial charge in [0, 0.05) is 29.7 Å². The van der Waals surface area contributed by atoms with E-state index in [1.54, 1.807) is 0 Å². The molecular formula is C27H25Cl2N3. The largest absolute Gasteiger partial charge is 0.357 e. The number of rotatable bonds is 3. The molecule has 0 radical (unpaired) electrons. The molecule has 1 aliphatic heterocycles. The zero-order valence-electron chi connectivity index (χ0n) is 18.2. The summed E-state index contributed by atoms with van der Waals surface area (Å²) in [4.78, 5) is 6.09. The molecule has 0 fully saturated rings. The number of hydrogen-bond acceptors (Lipinski definition) is 2. The number of nitriles is 1. The molecule has 5 rings (SSSR count). The summed E-state index contributed by atoms with van der Waals surface area (Å²) in [5.74, 6) is 0. The van der Waals surface area contributed by atoms with Gasteiger partial charge in [0.05, 0.1) is 27.7 Å². The fraction of sp³-hybridized carbons (Fsp3) is 0.222. The first kappa shape index (κ1) is 22.4. The van der Waals surface area contributed by atoms with Crippen molar-refractivity contribution in [3.8, 4) is 6.07 Å². The zero-order valence-corrected chi connectivity index (χ0v) is 19.7. The second kappa shape index (κ2) is 9.79. The molecule has 1 aliphatic rings. The van der Waals surface area contributed by atoms with E-state index in [2.05, 4.69) is 46.3 Å². The fourth-order valence-electron chi connectivity index (χ4n) is 4.46. The van der Waals surface area contributed by atoms with Crippen molar-refractivity contribution in [2.45, 2.75) is 32.9 Å². The lowest BCUT2D eigenvalue weighted by Gasteiger charge is -2.36. The van der Waals surface area contributed by atoms with Crippen molar-refractivity contribution in [2.75, 3.05) is 6.54 Å². The molecule has 0 spiro atoms. The monoisotopic (exact) mass is 461 g/mol. The van der Waals surface area contributed by atoms with Gasteiger partial charge in [-0.25, -0.2) is 0 Å². The second-order valence-corrected chi connectivity index (χ2v) is 8.42. The summed E-state index contributed by atoms with van der Waals surface area (Å²) in [5, 5.41) is 11.5. The van der Waals surface area contributed by atoms with Crippen molar-refractivity contribution in [3.05, 3.63) is 105 Å². The summed E-state index contributed by atoms with van der Waals surface area (Å²) < 4.78 is 0. The van der Waals surface area contributed by atoms with Crippen molar-refractivity contribution in [1.29, 1.82) is 5.26 Å². The number of hydrogen-bond donors (Lipinski definition) is 1. The molecular weight excluding hydrogens is 437 g/mol. The van der Waals surface area contributed by atoms with Crippen LogP contribution in [0.2, 0.25) is 10.0 Å². The SMILES string of the molecule is CC.N#Cc1ccc(CN2CCc3c([nH]c4ccccc34)C2c2cccc(Cl)c2Cl)cc1. The van der Waals surface area contributed by atoms with E-state index in [1.807, 2.05) is 50.2 Å². The predicted octanol–water partition coefficient (Wildman–Crippen LogP) is 7.52. The number of para-hydroxylation sites is 1. The van der Waals surface area contributed by atoms with Crippen LogP contribution in [0.3, 0.4) is 0 Å². The van der Waals surface area contributed by atoms with Gasteiger partial charge in [0.1, 0.15) is 0 Å². The van der Waals surface area contributed by atoms with Crippen LogP contribution in [0.25, 0.3) is 10.9 Å². The standard InChI is InChI=1S/C25H19Cl2N3.C2H6/c26-21-6-3-5-20(23(21)27)25-24-19(18-4-1-2-7-22(18)29-24)12-13-30(25)15-17-10-8-16(14-28)9-11-17;1-2/h1-11,25,29H,12-13,15H2;1-2H3. The van der Waals surface area contributed by atoms with Crippen molar-refractivity contribution < 1.29 is 0 Å². The molecule has 1 unspecified atom stereocenters. The molecule has 0 saturated heterocycles. The van der Waals surface area contributed by atoms with Crippen molar-refractivity contribution in [3.63, 3.8) is 0 Å². The molecule has 0 bridgehead atoms. The zero-order chi connectivity index (χ0) is 22.7. The number of fused-ring (bicyclic) bond motifs is 3. The summed E-state index contributed by atoms with van der Waals surface area (Å²) in [7, 11) is 0. The van der Waals surface area contributed by atoms with Crippen LogP contribution in [0.5, 0.6) is 0 Å². The van der Waals surface area contributed by atoms with Crippen LogP contribution in [0.1, 0.15) is 47.8 Å². The van der Waals surface area contributed by atoms with Crippen LogP contribution in [0.4, 0.5) is 0 Å². The molecule has 3 nitrogen and oxygen atoms in total. The van der Waals surface area contributed by atoms with Gasteiger partial charge in [-0.2, -0.15) is 5.26 Å². The molecule has 162 valence electrons. The van der Waals surface area contributed by atoms with Crippen LogP contribution >= 0.6 is 23.2 Å². The summed E-state index contributed by atoms with van der Waals surface area (Å²) in [6.45, 7) is 5.66. The number of aromatic amines is 1. The molecule has 32 heavy (non-hydrogen) atoms. The molecule has 0 saturated carbocycles. The Kier molecular flexibility index (Phi) is 6.86. The Morgan fingerprint density at radius 3 is 2.50 bits per heavy atom. The molecule has 3 aromatic carbocycles. The van der Waals surface area contributed by atoms with Crippen LogP contribution in [0, 0.1) is 11.3 Å². The highest BCUT2D eigenvalue weighted by atomic mass is 35.5. The van der Waals surface area contributed by atoms with Gasteiger partial charge in [0.25, 0.3) is 0 Å². The summed E-state index contributed by atoms with van der Waals surface area (Å²) in [5.41, 5.74) is 6.51. The molecule has 1 N–H and O–H groups in total. The topological polar surface area (TPSA) is 42.8 Å². The van der Waals surface area contributed by atoms with E-state index in [1.165, 1.54) is 16.6 Å². The minimum atomic E-state index is -0.0250. The van der Waals surface area contributed by atoms with Gasteiger partial charge in [0.15, 0.2) is 0 Å². The highest BCUT2D eigenvalue weighted by molar-refractivity contribution is 6.42. The quantitative estimate of drug-likeness (QED) is 0.342. The van der Waals surface area contributed by atoms with Gasteiger partial charge in [-0.1, -0.05) is 79.5 Å². The lowest BCUT2D eigenvalue weighted by atomic mass is 9.92. The third-order valence-corrected chi connectivity index (χ3v) is 6.71. The van der Waals surface area contributed by atoms with Gasteiger partial charge in [-0.05, 0) is 47.4 Å². The number of benzene rings is 3. The number of H-pyrrole nitrogens is 1. The van der Waals surface area contributed by atoms with Gasteiger partial charge < -0.3 is 4.98 Å². The molecule has 4 aromatic rings. The van der Waals surface area contributed by atoms with Crippen molar-refractivity contribution >= 4 is 34.1 Å². The van der Waals surface area contributed by atoms with Crippen LogP contribution in [-0.2, 0) is 13.0 Å². The minimum absolute atomic E-state index is 0.0250. The maximum absolute atomic E-state index is 9.08. The average Bonchev–Trinajstić information content (AvgIpc) is 3.21. The Bertz CT molecular complexity index is 1270. The van der Waals surface area contributed by atoms with Crippen LogP contribution in [0.15, 0.2) is 66.7 Å². The van der Waals surface area contributed by atoms with E-state index < -0.39 is 0 Å².